The highest BCUT2D eigenvalue weighted by atomic mass is 32.1. The molecule has 1 aromatic rings. The molecule has 0 aliphatic carbocycles. The predicted octanol–water partition coefficient (Wildman–Crippen LogP) is 2.29. The van der Waals surface area contributed by atoms with Crippen molar-refractivity contribution in [2.45, 2.75) is 44.4 Å². The van der Waals surface area contributed by atoms with Crippen LogP contribution in [0.2, 0.25) is 0 Å². The van der Waals surface area contributed by atoms with E-state index in [0.29, 0.717) is 12.1 Å². The van der Waals surface area contributed by atoms with E-state index in [4.69, 9.17) is 17.0 Å². The van der Waals surface area contributed by atoms with Gasteiger partial charge in [0.1, 0.15) is 0 Å². The van der Waals surface area contributed by atoms with Crippen molar-refractivity contribution < 1.29 is 4.74 Å². The molecule has 2 aliphatic heterocycles. The zero-order valence-electron chi connectivity index (χ0n) is 13.7. The maximum Gasteiger partial charge on any atom is 0.166 e. The van der Waals surface area contributed by atoms with Crippen LogP contribution >= 0.6 is 12.2 Å². The fraction of sp³-hybridized carbons (Fsp3) is 0.611. The van der Waals surface area contributed by atoms with Gasteiger partial charge in [0.2, 0.25) is 0 Å². The van der Waals surface area contributed by atoms with Gasteiger partial charge in [-0.05, 0) is 43.5 Å². The molecule has 23 heavy (non-hydrogen) atoms. The van der Waals surface area contributed by atoms with Crippen LogP contribution in [0.1, 0.15) is 31.2 Å². The van der Waals surface area contributed by atoms with Crippen LogP contribution in [0.3, 0.4) is 0 Å². The van der Waals surface area contributed by atoms with E-state index in [9.17, 15) is 0 Å². The lowest BCUT2D eigenvalue weighted by Gasteiger charge is -2.33. The second-order valence-corrected chi connectivity index (χ2v) is 6.93. The minimum Gasteiger partial charge on any atom is -0.376 e. The van der Waals surface area contributed by atoms with Crippen molar-refractivity contribution in [2.24, 2.45) is 0 Å². The molecule has 2 aliphatic rings. The molecule has 2 N–H and O–H groups in total. The zero-order chi connectivity index (χ0) is 15.9. The summed E-state index contributed by atoms with van der Waals surface area (Å²) in [5.41, 5.74) is 1.40. The second kappa shape index (κ2) is 8.62. The number of ether oxygens (including phenoxy) is 1. The number of likely N-dealkylation sites (tertiary alicyclic amines) is 1. The Hall–Kier alpha value is -1.17. The molecule has 2 saturated heterocycles. The summed E-state index contributed by atoms with van der Waals surface area (Å²) >= 11 is 5.41. The lowest BCUT2D eigenvalue weighted by atomic mass is 10.0. The van der Waals surface area contributed by atoms with E-state index < -0.39 is 0 Å². The summed E-state index contributed by atoms with van der Waals surface area (Å²) in [5.74, 6) is 0. The summed E-state index contributed by atoms with van der Waals surface area (Å²) in [6.07, 6.45) is 4.95. The fourth-order valence-electron chi connectivity index (χ4n) is 3.33. The van der Waals surface area contributed by atoms with Crippen molar-refractivity contribution in [2.75, 3.05) is 26.2 Å². The van der Waals surface area contributed by atoms with Gasteiger partial charge in [-0.2, -0.15) is 0 Å². The molecular weight excluding hydrogens is 306 g/mol. The Kier molecular flexibility index (Phi) is 6.25. The van der Waals surface area contributed by atoms with Crippen LogP contribution in [0, 0.1) is 0 Å². The average molecular weight is 334 g/mol. The van der Waals surface area contributed by atoms with E-state index in [1.807, 2.05) is 0 Å². The minimum absolute atomic E-state index is 0.336. The van der Waals surface area contributed by atoms with E-state index in [2.05, 4.69) is 45.9 Å². The van der Waals surface area contributed by atoms with E-state index in [1.54, 1.807) is 0 Å². The lowest BCUT2D eigenvalue weighted by Crippen LogP contribution is -2.48. The van der Waals surface area contributed by atoms with Gasteiger partial charge in [0.15, 0.2) is 5.11 Å². The molecule has 0 spiro atoms. The summed E-state index contributed by atoms with van der Waals surface area (Å²) < 4.78 is 5.61. The van der Waals surface area contributed by atoms with Crippen LogP contribution in [0.4, 0.5) is 0 Å². The Morgan fingerprint density at radius 3 is 2.65 bits per heavy atom. The van der Waals surface area contributed by atoms with Gasteiger partial charge in [0, 0.05) is 38.8 Å². The third kappa shape index (κ3) is 5.44. The lowest BCUT2D eigenvalue weighted by molar-refractivity contribution is 0.114. The first-order valence-electron chi connectivity index (χ1n) is 8.72. The highest BCUT2D eigenvalue weighted by molar-refractivity contribution is 7.80. The van der Waals surface area contributed by atoms with Gasteiger partial charge in [0.05, 0.1) is 6.10 Å². The zero-order valence-corrected chi connectivity index (χ0v) is 14.5. The van der Waals surface area contributed by atoms with E-state index in [-0.39, 0.29) is 0 Å². The van der Waals surface area contributed by atoms with Crippen molar-refractivity contribution in [3.8, 4) is 0 Å². The van der Waals surface area contributed by atoms with E-state index >= 15 is 0 Å². The number of hydrogen-bond donors (Lipinski definition) is 2. The van der Waals surface area contributed by atoms with Gasteiger partial charge in [-0.15, -0.1) is 0 Å². The van der Waals surface area contributed by atoms with Crippen molar-refractivity contribution in [3.05, 3.63) is 35.9 Å². The first kappa shape index (κ1) is 16.7. The largest absolute Gasteiger partial charge is 0.376 e. The first-order chi connectivity index (χ1) is 11.3. The highest BCUT2D eigenvalue weighted by Gasteiger charge is 2.20. The quantitative estimate of drug-likeness (QED) is 0.809. The number of benzene rings is 1. The molecular formula is C18H27N3OS. The fourth-order valence-corrected chi connectivity index (χ4v) is 3.58. The van der Waals surface area contributed by atoms with Gasteiger partial charge in [-0.25, -0.2) is 0 Å². The molecule has 3 rings (SSSR count). The highest BCUT2D eigenvalue weighted by Crippen LogP contribution is 2.14. The molecule has 0 unspecified atom stereocenters. The molecule has 0 bridgehead atoms. The van der Waals surface area contributed by atoms with Crippen LogP contribution < -0.4 is 10.6 Å². The molecule has 2 fully saturated rings. The Labute approximate surface area is 144 Å². The summed E-state index contributed by atoms with van der Waals surface area (Å²) in [5, 5.41) is 7.55. The molecule has 2 heterocycles. The van der Waals surface area contributed by atoms with Crippen molar-refractivity contribution in [3.63, 3.8) is 0 Å². The molecule has 0 amide bonds. The van der Waals surface area contributed by atoms with Gasteiger partial charge >= 0.3 is 0 Å². The van der Waals surface area contributed by atoms with Crippen LogP contribution in [0.5, 0.6) is 0 Å². The van der Waals surface area contributed by atoms with Gasteiger partial charge in [-0.3, -0.25) is 4.90 Å². The number of nitrogens with zero attached hydrogens (tertiary/aromatic N) is 1. The average Bonchev–Trinajstić information content (AvgIpc) is 3.09. The molecule has 1 atom stereocenters. The van der Waals surface area contributed by atoms with Crippen LogP contribution in [0.15, 0.2) is 30.3 Å². The molecule has 0 saturated carbocycles. The van der Waals surface area contributed by atoms with Crippen LogP contribution in [-0.2, 0) is 11.3 Å². The van der Waals surface area contributed by atoms with Crippen molar-refractivity contribution >= 4 is 17.3 Å². The number of piperidine rings is 1. The number of nitrogens with one attached hydrogen (secondary N) is 2. The molecule has 1 aromatic carbocycles. The summed E-state index contributed by atoms with van der Waals surface area (Å²) in [6, 6.07) is 11.2. The Bertz CT molecular complexity index is 482. The van der Waals surface area contributed by atoms with Crippen molar-refractivity contribution in [1.29, 1.82) is 0 Å². The molecule has 5 heteroatoms. The summed E-state index contributed by atoms with van der Waals surface area (Å²) in [7, 11) is 0. The van der Waals surface area contributed by atoms with Gasteiger partial charge in [-0.1, -0.05) is 30.3 Å². The normalized spacial score (nSPS) is 22.9. The maximum absolute atomic E-state index is 5.61. The molecule has 4 nitrogen and oxygen atoms in total. The van der Waals surface area contributed by atoms with E-state index in [0.717, 1.165) is 57.2 Å². The van der Waals surface area contributed by atoms with Crippen LogP contribution in [-0.4, -0.2) is 48.4 Å². The summed E-state index contributed by atoms with van der Waals surface area (Å²) in [4.78, 5) is 2.52. The number of hydrogen-bond acceptors (Lipinski definition) is 3. The second-order valence-electron chi connectivity index (χ2n) is 6.53. The topological polar surface area (TPSA) is 36.5 Å². The maximum atomic E-state index is 5.61. The molecule has 0 radical (unpaired) electrons. The number of rotatable bonds is 5. The Morgan fingerprint density at radius 1 is 1.17 bits per heavy atom. The van der Waals surface area contributed by atoms with Gasteiger partial charge in [0.25, 0.3) is 0 Å². The number of thiocarbonyl (C=S) groups is 1. The first-order valence-corrected chi connectivity index (χ1v) is 9.12. The molecule has 0 aromatic heterocycles. The third-order valence-corrected chi connectivity index (χ3v) is 4.95. The standard InChI is InChI=1S/C18H27N3OS/c23-18(19-13-17-7-4-12-22-17)20-16-8-10-21(11-9-16)14-15-5-2-1-3-6-15/h1-3,5-6,16-17H,4,7-14H2,(H2,19,20,23)/t17-/m1/s1. The molecule has 126 valence electrons. The SMILES string of the molecule is S=C(NC[C@H]1CCCO1)NC1CCN(Cc2ccccc2)CC1. The Balaban J connectivity index is 1.33. The van der Waals surface area contributed by atoms with Crippen LogP contribution in [0.25, 0.3) is 0 Å². The van der Waals surface area contributed by atoms with Gasteiger partial charge < -0.3 is 15.4 Å². The van der Waals surface area contributed by atoms with E-state index in [1.165, 1.54) is 12.0 Å². The van der Waals surface area contributed by atoms with Crippen molar-refractivity contribution in [1.82, 2.24) is 15.5 Å². The smallest absolute Gasteiger partial charge is 0.166 e. The summed E-state index contributed by atoms with van der Waals surface area (Å²) in [6.45, 7) is 5.03. The monoisotopic (exact) mass is 333 g/mol. The Morgan fingerprint density at radius 2 is 1.96 bits per heavy atom. The minimum atomic E-state index is 0.336. The third-order valence-electron chi connectivity index (χ3n) is 4.69. The predicted molar refractivity (Wildman–Crippen MR) is 97.5 cm³/mol.